The molecule has 6 nitrogen and oxygen atoms in total. The van der Waals surface area contributed by atoms with Crippen LogP contribution in [0.25, 0.3) is 16.6 Å². The average Bonchev–Trinajstić information content (AvgIpc) is 3.33. The molecule has 0 fully saturated rings. The first-order valence-electron chi connectivity index (χ1n) is 10.9. The summed E-state index contributed by atoms with van der Waals surface area (Å²) < 4.78 is 18.0. The number of hydrogen-bond donors (Lipinski definition) is 0. The van der Waals surface area contributed by atoms with Crippen LogP contribution in [0.5, 0.6) is 17.2 Å². The average molecular weight is 452 g/mol. The van der Waals surface area contributed by atoms with Crippen LogP contribution >= 0.6 is 0 Å². The highest BCUT2D eigenvalue weighted by atomic mass is 16.5. The maximum atomic E-state index is 5.36. The minimum Gasteiger partial charge on any atom is -0.497 e. The van der Waals surface area contributed by atoms with E-state index in [2.05, 4.69) is 28.2 Å². The van der Waals surface area contributed by atoms with Crippen LogP contribution in [0.1, 0.15) is 0 Å². The molecule has 0 radical (unpaired) electrons. The fourth-order valence-electron chi connectivity index (χ4n) is 3.98. The maximum absolute atomic E-state index is 5.36. The Balaban J connectivity index is 1.63. The van der Waals surface area contributed by atoms with Crippen molar-refractivity contribution in [3.8, 4) is 22.9 Å². The third-order valence-corrected chi connectivity index (χ3v) is 5.79. The van der Waals surface area contributed by atoms with Gasteiger partial charge in [0.1, 0.15) is 17.2 Å². The van der Waals surface area contributed by atoms with Crippen molar-refractivity contribution < 1.29 is 14.2 Å². The van der Waals surface area contributed by atoms with Crippen LogP contribution < -0.4 is 19.1 Å². The maximum Gasteiger partial charge on any atom is 0.119 e. The molecular formula is C28H25N3O3. The Bertz CT molecular complexity index is 1340. The lowest BCUT2D eigenvalue weighted by atomic mass is 10.1. The van der Waals surface area contributed by atoms with Gasteiger partial charge in [0.15, 0.2) is 0 Å². The predicted molar refractivity (Wildman–Crippen MR) is 135 cm³/mol. The van der Waals surface area contributed by atoms with Gasteiger partial charge in [-0.25, -0.2) is 4.68 Å². The summed E-state index contributed by atoms with van der Waals surface area (Å²) in [5, 5.41) is 5.70. The third kappa shape index (κ3) is 4.01. The molecule has 0 atom stereocenters. The van der Waals surface area contributed by atoms with Gasteiger partial charge in [-0.15, -0.1) is 0 Å². The molecule has 0 spiro atoms. The molecule has 5 aromatic rings. The lowest BCUT2D eigenvalue weighted by Crippen LogP contribution is -2.10. The molecule has 0 saturated heterocycles. The monoisotopic (exact) mass is 451 g/mol. The highest BCUT2D eigenvalue weighted by Gasteiger charge is 2.15. The van der Waals surface area contributed by atoms with E-state index in [1.54, 1.807) is 21.3 Å². The van der Waals surface area contributed by atoms with E-state index in [9.17, 15) is 0 Å². The van der Waals surface area contributed by atoms with Crippen molar-refractivity contribution in [2.75, 3.05) is 26.2 Å². The molecule has 0 bridgehead atoms. The van der Waals surface area contributed by atoms with Gasteiger partial charge >= 0.3 is 0 Å². The number of benzene rings is 4. The number of aromatic nitrogens is 2. The highest BCUT2D eigenvalue weighted by molar-refractivity contribution is 5.88. The Morgan fingerprint density at radius 3 is 1.56 bits per heavy atom. The van der Waals surface area contributed by atoms with Crippen molar-refractivity contribution >= 4 is 28.0 Å². The fraction of sp³-hybridized carbons (Fsp3) is 0.107. The molecule has 0 saturated carbocycles. The zero-order valence-electron chi connectivity index (χ0n) is 19.3. The van der Waals surface area contributed by atoms with Gasteiger partial charge in [-0.1, -0.05) is 0 Å². The zero-order valence-corrected chi connectivity index (χ0v) is 19.3. The first-order valence-corrected chi connectivity index (χ1v) is 10.9. The van der Waals surface area contributed by atoms with Crippen LogP contribution in [0.15, 0.2) is 97.2 Å². The molecule has 0 unspecified atom stereocenters. The summed E-state index contributed by atoms with van der Waals surface area (Å²) in [5.74, 6) is 2.43. The number of hydrogen-bond acceptors (Lipinski definition) is 5. The number of rotatable bonds is 7. The molecule has 170 valence electrons. The van der Waals surface area contributed by atoms with Crippen molar-refractivity contribution in [3.63, 3.8) is 0 Å². The number of ether oxygens (including phenoxy) is 3. The second-order valence-corrected chi connectivity index (χ2v) is 7.73. The van der Waals surface area contributed by atoms with Crippen molar-refractivity contribution in [2.24, 2.45) is 0 Å². The SMILES string of the molecule is COc1ccc(N(c2ccc(OC)cc2)c2ccc3cnn(-c4ccc(OC)cc4)c3c2)cc1. The summed E-state index contributed by atoms with van der Waals surface area (Å²) in [5.41, 5.74) is 5.02. The van der Waals surface area contributed by atoms with Crippen LogP contribution in [0.3, 0.4) is 0 Å². The van der Waals surface area contributed by atoms with E-state index >= 15 is 0 Å². The number of anilines is 3. The topological polar surface area (TPSA) is 48.8 Å². The summed E-state index contributed by atoms with van der Waals surface area (Å²) in [6, 6.07) is 30.3. The number of methoxy groups -OCH3 is 3. The molecule has 6 heteroatoms. The first-order chi connectivity index (χ1) is 16.7. The lowest BCUT2D eigenvalue weighted by molar-refractivity contribution is 0.414. The Kier molecular flexibility index (Phi) is 5.79. The minimum atomic E-state index is 0.811. The summed E-state index contributed by atoms with van der Waals surface area (Å²) >= 11 is 0. The van der Waals surface area contributed by atoms with Crippen molar-refractivity contribution in [1.82, 2.24) is 9.78 Å². The normalized spacial score (nSPS) is 10.8. The van der Waals surface area contributed by atoms with Gasteiger partial charge in [0.25, 0.3) is 0 Å². The van der Waals surface area contributed by atoms with E-state index in [0.717, 1.165) is 50.9 Å². The van der Waals surface area contributed by atoms with Crippen LogP contribution in [-0.2, 0) is 0 Å². The summed E-state index contributed by atoms with van der Waals surface area (Å²) in [6.07, 6.45) is 1.88. The zero-order chi connectivity index (χ0) is 23.5. The van der Waals surface area contributed by atoms with Crippen LogP contribution in [-0.4, -0.2) is 31.1 Å². The van der Waals surface area contributed by atoms with E-state index < -0.39 is 0 Å². The Hall–Kier alpha value is -4.45. The van der Waals surface area contributed by atoms with Crippen LogP contribution in [0, 0.1) is 0 Å². The smallest absolute Gasteiger partial charge is 0.119 e. The molecule has 5 rings (SSSR count). The molecule has 0 N–H and O–H groups in total. The largest absolute Gasteiger partial charge is 0.497 e. The van der Waals surface area contributed by atoms with Crippen molar-refractivity contribution in [2.45, 2.75) is 0 Å². The molecule has 1 heterocycles. The van der Waals surface area contributed by atoms with Gasteiger partial charge < -0.3 is 19.1 Å². The lowest BCUT2D eigenvalue weighted by Gasteiger charge is -2.26. The van der Waals surface area contributed by atoms with E-state index in [4.69, 9.17) is 14.2 Å². The highest BCUT2D eigenvalue weighted by Crippen LogP contribution is 2.37. The molecule has 0 aliphatic rings. The van der Waals surface area contributed by atoms with Crippen molar-refractivity contribution in [1.29, 1.82) is 0 Å². The van der Waals surface area contributed by atoms with Gasteiger partial charge in [-0.3, -0.25) is 0 Å². The standard InChI is InChI=1S/C28H25N3O3/c1-32-25-12-6-21(7-13-25)30(22-8-14-26(33-2)15-9-22)24-5-4-20-19-29-31(28(20)18-24)23-10-16-27(34-3)17-11-23/h4-19H,1-3H3. The summed E-state index contributed by atoms with van der Waals surface area (Å²) in [4.78, 5) is 2.20. The minimum absolute atomic E-state index is 0.811. The molecule has 0 amide bonds. The Morgan fingerprint density at radius 1 is 0.588 bits per heavy atom. The molecule has 0 aliphatic heterocycles. The first kappa shape index (κ1) is 21.4. The van der Waals surface area contributed by atoms with Crippen LogP contribution in [0.2, 0.25) is 0 Å². The van der Waals surface area contributed by atoms with Crippen molar-refractivity contribution in [3.05, 3.63) is 97.2 Å². The Labute approximate surface area is 198 Å². The van der Waals surface area contributed by atoms with Gasteiger partial charge in [0, 0.05) is 22.4 Å². The predicted octanol–water partition coefficient (Wildman–Crippen LogP) is 6.52. The molecule has 1 aromatic heterocycles. The van der Waals surface area contributed by atoms with Crippen LogP contribution in [0.4, 0.5) is 17.1 Å². The number of fused-ring (bicyclic) bond motifs is 1. The van der Waals surface area contributed by atoms with E-state index in [1.165, 1.54) is 0 Å². The molecule has 34 heavy (non-hydrogen) atoms. The summed E-state index contributed by atoms with van der Waals surface area (Å²) in [6.45, 7) is 0. The van der Waals surface area contributed by atoms with E-state index in [-0.39, 0.29) is 0 Å². The second kappa shape index (κ2) is 9.19. The quantitative estimate of drug-likeness (QED) is 0.282. The molecule has 4 aromatic carbocycles. The number of nitrogens with zero attached hydrogens (tertiary/aromatic N) is 3. The third-order valence-electron chi connectivity index (χ3n) is 5.79. The van der Waals surface area contributed by atoms with Gasteiger partial charge in [0.05, 0.1) is 38.7 Å². The van der Waals surface area contributed by atoms with Gasteiger partial charge in [0.2, 0.25) is 0 Å². The Morgan fingerprint density at radius 2 is 1.06 bits per heavy atom. The second-order valence-electron chi connectivity index (χ2n) is 7.73. The van der Waals surface area contributed by atoms with Gasteiger partial charge in [-0.05, 0) is 91.0 Å². The fourth-order valence-corrected chi connectivity index (χ4v) is 3.98. The van der Waals surface area contributed by atoms with E-state index in [1.807, 2.05) is 83.7 Å². The molecule has 0 aliphatic carbocycles. The van der Waals surface area contributed by atoms with Gasteiger partial charge in [-0.2, -0.15) is 5.10 Å². The molecular weight excluding hydrogens is 426 g/mol. The summed E-state index contributed by atoms with van der Waals surface area (Å²) in [7, 11) is 5.01. The van der Waals surface area contributed by atoms with E-state index in [0.29, 0.717) is 0 Å².